The molecule has 7 nitrogen and oxygen atoms in total. The van der Waals surface area contributed by atoms with Gasteiger partial charge in [-0.15, -0.1) is 0 Å². The Morgan fingerprint density at radius 2 is 1.31 bits per heavy atom. The molecule has 0 aromatic heterocycles. The number of hydrogen-bond acceptors (Lipinski definition) is 6. The second kappa shape index (κ2) is 17.7. The fourth-order valence-electron chi connectivity index (χ4n) is 7.04. The molecule has 0 fully saturated rings. The van der Waals surface area contributed by atoms with Crippen molar-refractivity contribution < 1.29 is 28.2 Å². The van der Waals surface area contributed by atoms with Gasteiger partial charge in [0.05, 0.1) is 0 Å². The van der Waals surface area contributed by atoms with E-state index in [1.165, 1.54) is 0 Å². The number of aryl methyl sites for hydroxylation is 1. The van der Waals surface area contributed by atoms with Crippen molar-refractivity contribution in [2.45, 2.75) is 77.7 Å². The first kappa shape index (κ1) is 41.3. The van der Waals surface area contributed by atoms with E-state index in [9.17, 15) is 9.59 Å². The van der Waals surface area contributed by atoms with E-state index in [0.717, 1.165) is 28.5 Å². The molecule has 2 unspecified atom stereocenters. The molecule has 0 aliphatic carbocycles. The van der Waals surface area contributed by atoms with Gasteiger partial charge in [-0.25, -0.2) is 4.79 Å². The summed E-state index contributed by atoms with van der Waals surface area (Å²) in [6.45, 7) is 11.6. The lowest BCUT2D eigenvalue weighted by Gasteiger charge is -2.54. The highest BCUT2D eigenvalue weighted by Crippen LogP contribution is 2.51. The molecule has 0 heterocycles. The van der Waals surface area contributed by atoms with Gasteiger partial charge >= 0.3 is 6.09 Å². The van der Waals surface area contributed by atoms with E-state index >= 15 is 0 Å². The molecule has 9 heteroatoms. The third-order valence-electron chi connectivity index (χ3n) is 9.76. The Hall–Kier alpha value is -4.89. The van der Waals surface area contributed by atoms with Crippen LogP contribution in [0.15, 0.2) is 133 Å². The predicted octanol–water partition coefficient (Wildman–Crippen LogP) is 10.8. The zero-order valence-electron chi connectivity index (χ0n) is 32.3. The average Bonchev–Trinajstić information content (AvgIpc) is 3.16. The predicted molar refractivity (Wildman–Crippen MR) is 219 cm³/mol. The number of benzene rings is 5. The van der Waals surface area contributed by atoms with Gasteiger partial charge in [-0.3, -0.25) is 0 Å². The molecule has 5 rings (SSSR count). The molecule has 55 heavy (non-hydrogen) atoms. The highest BCUT2D eigenvalue weighted by atomic mass is 35.5. The fourth-order valence-corrected chi connectivity index (χ4v) is 7.68. The number of nitrogens with one attached hydrogen (secondary N) is 1. The van der Waals surface area contributed by atoms with Gasteiger partial charge in [0.1, 0.15) is 46.9 Å². The highest BCUT2D eigenvalue weighted by Gasteiger charge is 2.59. The summed E-state index contributed by atoms with van der Waals surface area (Å²) in [6, 6.07) is 42.4. The van der Waals surface area contributed by atoms with Crippen molar-refractivity contribution >= 4 is 34.5 Å². The summed E-state index contributed by atoms with van der Waals surface area (Å²) in [6.07, 6.45) is 0.896. The summed E-state index contributed by atoms with van der Waals surface area (Å²) in [5, 5.41) is 3.56. The Labute approximate surface area is 333 Å². The van der Waals surface area contributed by atoms with Crippen LogP contribution < -0.4 is 14.8 Å². The molecule has 1 N–H and O–H groups in total. The van der Waals surface area contributed by atoms with Crippen molar-refractivity contribution in [3.05, 3.63) is 161 Å². The minimum Gasteiger partial charge on any atom is -0.489 e. The van der Waals surface area contributed by atoms with Crippen LogP contribution in [0.3, 0.4) is 0 Å². The second-order valence-corrected chi connectivity index (χ2v) is 16.2. The summed E-state index contributed by atoms with van der Waals surface area (Å²) in [5.74, 6) is 1.12. The first-order chi connectivity index (χ1) is 26.2. The van der Waals surface area contributed by atoms with Gasteiger partial charge in [0.2, 0.25) is 10.5 Å². The fraction of sp³-hybridized carbons (Fsp3) is 0.304. The van der Waals surface area contributed by atoms with Crippen molar-refractivity contribution in [2.75, 3.05) is 0 Å². The third-order valence-corrected chi connectivity index (χ3v) is 10.4. The van der Waals surface area contributed by atoms with Crippen molar-refractivity contribution in [1.82, 2.24) is 5.32 Å². The molecule has 0 aliphatic heterocycles. The van der Waals surface area contributed by atoms with Gasteiger partial charge in [0.25, 0.3) is 0 Å². The van der Waals surface area contributed by atoms with E-state index < -0.39 is 34.2 Å². The molecule has 3 radical (unpaired) electrons. The van der Waals surface area contributed by atoms with Crippen LogP contribution in [0.2, 0.25) is 5.02 Å². The van der Waals surface area contributed by atoms with Gasteiger partial charge in [-0.1, -0.05) is 136 Å². The van der Waals surface area contributed by atoms with Crippen LogP contribution in [0.25, 0.3) is 0 Å². The van der Waals surface area contributed by atoms with Crippen LogP contribution in [0.4, 0.5) is 4.79 Å². The zero-order valence-corrected chi connectivity index (χ0v) is 34.1. The summed E-state index contributed by atoms with van der Waals surface area (Å²) >= 11 is 7.00. The van der Waals surface area contributed by atoms with E-state index in [1.54, 1.807) is 26.8 Å². The van der Waals surface area contributed by atoms with Crippen molar-refractivity contribution in [3.63, 3.8) is 0 Å². The minimum absolute atomic E-state index is 0.348. The van der Waals surface area contributed by atoms with Crippen molar-refractivity contribution in [2.24, 2.45) is 11.3 Å². The monoisotopic (exact) mass is 774 g/mol. The van der Waals surface area contributed by atoms with Crippen molar-refractivity contribution in [3.8, 4) is 17.2 Å². The first-order valence-corrected chi connectivity index (χ1v) is 19.2. The van der Waals surface area contributed by atoms with Crippen LogP contribution in [0.5, 0.6) is 17.2 Å². The highest BCUT2D eigenvalue weighted by molar-refractivity contribution is 6.31. The minimum atomic E-state index is -1.53. The van der Waals surface area contributed by atoms with E-state index in [1.807, 2.05) is 148 Å². The molecule has 5 aromatic rings. The third kappa shape index (κ3) is 9.86. The number of alkyl carbamates (subject to hydrolysis) is 1. The van der Waals surface area contributed by atoms with Crippen LogP contribution in [-0.2, 0) is 32.6 Å². The molecule has 0 spiro atoms. The van der Waals surface area contributed by atoms with Gasteiger partial charge in [0.15, 0.2) is 0 Å². The Morgan fingerprint density at radius 3 is 1.84 bits per heavy atom. The largest absolute Gasteiger partial charge is 0.489 e. The molecule has 1 amide bonds. The number of amides is 1. The molecule has 285 valence electrons. The maximum atomic E-state index is 13.9. The Bertz CT molecular complexity index is 1970. The number of hydrogen-bond donors (Lipinski definition) is 1. The molecular formula is C46H49ClNO6Si. The molecular weight excluding hydrogens is 726 g/mol. The van der Waals surface area contributed by atoms with Gasteiger partial charge < -0.3 is 28.7 Å². The van der Waals surface area contributed by atoms with Crippen LogP contribution in [0, 0.1) is 11.3 Å². The van der Waals surface area contributed by atoms with Crippen LogP contribution >= 0.6 is 11.6 Å². The molecule has 0 bridgehead atoms. The van der Waals surface area contributed by atoms with Crippen LogP contribution in [-0.4, -0.2) is 34.0 Å². The summed E-state index contributed by atoms with van der Waals surface area (Å²) in [7, 11) is 3.51. The standard InChI is InChI=1S/C46H49ClNO6Si/c1-43(2,3)45(32-49,48-42(50)53-44(4,5)6)41(46(54-55,35-19-12-8-13-20-35)36-21-14-9-15-22-36)28-26-34-25-27-39(30-40(34)47)52-38-24-16-23-37(29-38)51-31-33-17-10-7-11-18-33/h7-25,27,29-30,32,41H,26,28,31H2,1-6H3,(H,48,50). The SMILES string of the molecule is CC(C)(C)OC(=O)NC(C=O)(C(CCc1ccc(Oc2cccc(OCc3ccccc3)c2)cc1Cl)C(O[Si])(c1ccccc1)c1ccccc1)C(C)(C)C. The van der Waals surface area contributed by atoms with Gasteiger partial charge in [0, 0.05) is 17.0 Å². The summed E-state index contributed by atoms with van der Waals surface area (Å²) < 4.78 is 24.5. The molecule has 2 atom stereocenters. The van der Waals surface area contributed by atoms with Gasteiger partial charge in [-0.2, -0.15) is 0 Å². The molecule has 5 aromatic carbocycles. The second-order valence-electron chi connectivity index (χ2n) is 15.6. The van der Waals surface area contributed by atoms with E-state index in [4.69, 9.17) is 30.2 Å². The van der Waals surface area contributed by atoms with E-state index in [-0.39, 0.29) is 0 Å². The maximum Gasteiger partial charge on any atom is 0.408 e. The van der Waals surface area contributed by atoms with E-state index in [0.29, 0.717) is 41.7 Å². The Balaban J connectivity index is 1.52. The number of aldehydes is 1. The lowest BCUT2D eigenvalue weighted by atomic mass is 9.57. The average molecular weight is 775 g/mol. The number of carbonyl (C=O) groups is 2. The normalized spacial score (nSPS) is 13.6. The first-order valence-electron chi connectivity index (χ1n) is 18.4. The number of rotatable bonds is 15. The summed E-state index contributed by atoms with van der Waals surface area (Å²) in [4.78, 5) is 27.6. The summed E-state index contributed by atoms with van der Waals surface area (Å²) in [5.41, 5.74) is -0.992. The van der Waals surface area contributed by atoms with Crippen LogP contribution in [0.1, 0.15) is 70.2 Å². The quantitative estimate of drug-likeness (QED) is 0.0842. The molecule has 0 saturated carbocycles. The van der Waals surface area contributed by atoms with E-state index in [2.05, 4.69) is 15.8 Å². The topological polar surface area (TPSA) is 83.1 Å². The maximum absolute atomic E-state index is 13.9. The zero-order chi connectivity index (χ0) is 39.7. The Morgan fingerprint density at radius 1 is 0.745 bits per heavy atom. The lowest BCUT2D eigenvalue weighted by Crippen LogP contribution is -2.68. The number of carbonyl (C=O) groups excluding carboxylic acids is 2. The van der Waals surface area contributed by atoms with Gasteiger partial charge in [-0.05, 0) is 85.5 Å². The number of ether oxygens (including phenoxy) is 3. The molecule has 0 aliphatic rings. The smallest absolute Gasteiger partial charge is 0.408 e. The lowest BCUT2D eigenvalue weighted by molar-refractivity contribution is -0.128. The Kier molecular flexibility index (Phi) is 13.3. The van der Waals surface area contributed by atoms with Crippen molar-refractivity contribution in [1.29, 1.82) is 0 Å². The number of halogens is 1. The molecule has 0 saturated heterocycles.